The van der Waals surface area contributed by atoms with Gasteiger partial charge in [-0.1, -0.05) is 18.2 Å². The molecule has 1 nitrogen and oxygen atoms in total. The molecule has 3 heteroatoms. The number of hydrogen-bond donors (Lipinski definition) is 1. The largest absolute Gasteiger partial charge is 0.306 e. The Morgan fingerprint density at radius 2 is 2.13 bits per heavy atom. The highest BCUT2D eigenvalue weighted by molar-refractivity contribution is 7.99. The van der Waals surface area contributed by atoms with Crippen molar-refractivity contribution >= 4 is 23.5 Å². The SMILES string of the molecule is c1ccc2c(c1)SCC2NC1CCSC1. The second-order valence-corrected chi connectivity index (χ2v) is 6.34. The van der Waals surface area contributed by atoms with Gasteiger partial charge in [-0.15, -0.1) is 11.8 Å². The maximum absolute atomic E-state index is 3.79. The smallest absolute Gasteiger partial charge is 0.0428 e. The topological polar surface area (TPSA) is 12.0 Å². The van der Waals surface area contributed by atoms with Crippen molar-refractivity contribution in [1.29, 1.82) is 0 Å². The van der Waals surface area contributed by atoms with Gasteiger partial charge < -0.3 is 5.32 Å². The van der Waals surface area contributed by atoms with Crippen LogP contribution >= 0.6 is 23.5 Å². The van der Waals surface area contributed by atoms with E-state index in [0.717, 1.165) is 6.04 Å². The minimum atomic E-state index is 0.592. The Balaban J connectivity index is 1.73. The summed E-state index contributed by atoms with van der Waals surface area (Å²) in [6.07, 6.45) is 1.34. The lowest BCUT2D eigenvalue weighted by molar-refractivity contribution is 0.492. The maximum atomic E-state index is 3.79. The summed E-state index contributed by atoms with van der Waals surface area (Å²) in [5.41, 5.74) is 1.51. The summed E-state index contributed by atoms with van der Waals surface area (Å²) in [5, 5.41) is 3.79. The number of nitrogens with one attached hydrogen (secondary N) is 1. The average Bonchev–Trinajstić information content (AvgIpc) is 2.89. The normalized spacial score (nSPS) is 29.3. The highest BCUT2D eigenvalue weighted by atomic mass is 32.2. The van der Waals surface area contributed by atoms with Crippen molar-refractivity contribution in [2.75, 3.05) is 17.3 Å². The molecule has 0 aromatic heterocycles. The van der Waals surface area contributed by atoms with E-state index < -0.39 is 0 Å². The molecule has 1 aromatic rings. The average molecular weight is 237 g/mol. The molecule has 2 unspecified atom stereocenters. The van der Waals surface area contributed by atoms with Crippen molar-refractivity contribution in [3.8, 4) is 0 Å². The zero-order chi connectivity index (χ0) is 10.1. The van der Waals surface area contributed by atoms with Gasteiger partial charge in [0.25, 0.3) is 0 Å². The van der Waals surface area contributed by atoms with Crippen molar-refractivity contribution in [1.82, 2.24) is 5.32 Å². The first kappa shape index (κ1) is 10.1. The molecule has 1 N–H and O–H groups in total. The number of thioether (sulfide) groups is 2. The van der Waals surface area contributed by atoms with E-state index in [1.165, 1.54) is 34.1 Å². The van der Waals surface area contributed by atoms with E-state index in [-0.39, 0.29) is 0 Å². The summed E-state index contributed by atoms with van der Waals surface area (Å²) in [7, 11) is 0. The Hall–Kier alpha value is -0.120. The lowest BCUT2D eigenvalue weighted by Gasteiger charge is -2.18. The Morgan fingerprint density at radius 3 is 3.00 bits per heavy atom. The summed E-state index contributed by atoms with van der Waals surface area (Å²) in [6, 6.07) is 10.1. The molecular weight excluding hydrogens is 222 g/mol. The monoisotopic (exact) mass is 237 g/mol. The molecule has 80 valence electrons. The van der Waals surface area contributed by atoms with Crippen molar-refractivity contribution in [2.24, 2.45) is 0 Å². The second-order valence-electron chi connectivity index (χ2n) is 4.13. The maximum Gasteiger partial charge on any atom is 0.0428 e. The van der Waals surface area contributed by atoms with Crippen LogP contribution in [0.25, 0.3) is 0 Å². The zero-order valence-corrected chi connectivity index (χ0v) is 10.2. The number of rotatable bonds is 2. The molecule has 0 radical (unpaired) electrons. The van der Waals surface area contributed by atoms with E-state index in [0.29, 0.717) is 6.04 Å². The Kier molecular flexibility index (Phi) is 2.95. The summed E-state index contributed by atoms with van der Waals surface area (Å²) < 4.78 is 0. The van der Waals surface area contributed by atoms with Crippen molar-refractivity contribution in [3.05, 3.63) is 29.8 Å². The van der Waals surface area contributed by atoms with Crippen LogP contribution in [0.4, 0.5) is 0 Å². The van der Waals surface area contributed by atoms with Crippen LogP contribution in [-0.4, -0.2) is 23.3 Å². The van der Waals surface area contributed by atoms with E-state index in [1.54, 1.807) is 0 Å². The predicted molar refractivity (Wildman–Crippen MR) is 68.8 cm³/mol. The molecule has 0 amide bonds. The van der Waals surface area contributed by atoms with Crippen LogP contribution in [0.1, 0.15) is 18.0 Å². The van der Waals surface area contributed by atoms with Crippen LogP contribution < -0.4 is 5.32 Å². The molecule has 2 atom stereocenters. The lowest BCUT2D eigenvalue weighted by atomic mass is 10.1. The predicted octanol–water partition coefficient (Wildman–Crippen LogP) is 2.93. The standard InChI is InChI=1S/C12H15NS2/c1-2-4-12-10(3-1)11(8-15-12)13-9-5-6-14-7-9/h1-4,9,11,13H,5-8H2. The lowest BCUT2D eigenvalue weighted by Crippen LogP contribution is -2.32. The molecular formula is C12H15NS2. The summed E-state index contributed by atoms with van der Waals surface area (Å²) >= 11 is 4.07. The molecule has 1 saturated heterocycles. The van der Waals surface area contributed by atoms with E-state index >= 15 is 0 Å². The van der Waals surface area contributed by atoms with Gasteiger partial charge in [-0.3, -0.25) is 0 Å². The van der Waals surface area contributed by atoms with Gasteiger partial charge in [0.1, 0.15) is 0 Å². The molecule has 2 aliphatic heterocycles. The second kappa shape index (κ2) is 4.40. The third kappa shape index (κ3) is 2.05. The van der Waals surface area contributed by atoms with Crippen molar-refractivity contribution in [3.63, 3.8) is 0 Å². The molecule has 2 heterocycles. The van der Waals surface area contributed by atoms with Gasteiger partial charge in [0.2, 0.25) is 0 Å². The summed E-state index contributed by atoms with van der Waals surface area (Å²) in [5.74, 6) is 3.84. The molecule has 2 aliphatic rings. The number of fused-ring (bicyclic) bond motifs is 1. The first-order valence-corrected chi connectivity index (χ1v) is 7.63. The molecule has 0 aliphatic carbocycles. The molecule has 0 spiro atoms. The van der Waals surface area contributed by atoms with Gasteiger partial charge >= 0.3 is 0 Å². The molecule has 1 aromatic carbocycles. The van der Waals surface area contributed by atoms with E-state index in [4.69, 9.17) is 0 Å². The van der Waals surface area contributed by atoms with Crippen molar-refractivity contribution < 1.29 is 0 Å². The van der Waals surface area contributed by atoms with Crippen LogP contribution in [0.5, 0.6) is 0 Å². The molecule has 0 saturated carbocycles. The third-order valence-corrected chi connectivity index (χ3v) is 5.41. The van der Waals surface area contributed by atoms with E-state index in [2.05, 4.69) is 41.3 Å². The van der Waals surface area contributed by atoms with Crippen molar-refractivity contribution in [2.45, 2.75) is 23.4 Å². The number of benzene rings is 1. The van der Waals surface area contributed by atoms with Gasteiger partial charge in [-0.05, 0) is 23.8 Å². The Labute approximate surface area is 99.4 Å². The van der Waals surface area contributed by atoms with Crippen LogP contribution in [0.15, 0.2) is 29.2 Å². The fourth-order valence-electron chi connectivity index (χ4n) is 2.25. The third-order valence-electron chi connectivity index (χ3n) is 3.07. The highest BCUT2D eigenvalue weighted by Gasteiger charge is 2.26. The van der Waals surface area contributed by atoms with Crippen LogP contribution in [0.3, 0.4) is 0 Å². The quantitative estimate of drug-likeness (QED) is 0.849. The minimum absolute atomic E-state index is 0.592. The number of hydrogen-bond acceptors (Lipinski definition) is 3. The zero-order valence-electron chi connectivity index (χ0n) is 8.61. The first-order valence-electron chi connectivity index (χ1n) is 5.49. The van der Waals surface area contributed by atoms with Gasteiger partial charge in [0, 0.05) is 28.5 Å². The first-order chi connectivity index (χ1) is 7.43. The van der Waals surface area contributed by atoms with Gasteiger partial charge in [-0.2, -0.15) is 11.8 Å². The highest BCUT2D eigenvalue weighted by Crippen LogP contribution is 2.38. The molecule has 3 rings (SSSR count). The fraction of sp³-hybridized carbons (Fsp3) is 0.500. The summed E-state index contributed by atoms with van der Waals surface area (Å²) in [4.78, 5) is 1.47. The molecule has 15 heavy (non-hydrogen) atoms. The fourth-order valence-corrected chi connectivity index (χ4v) is 4.59. The molecule has 1 fully saturated rings. The van der Waals surface area contributed by atoms with E-state index in [1.807, 2.05) is 11.8 Å². The van der Waals surface area contributed by atoms with Crippen LogP contribution in [-0.2, 0) is 0 Å². The molecule has 0 bridgehead atoms. The van der Waals surface area contributed by atoms with Gasteiger partial charge in [-0.25, -0.2) is 0 Å². The van der Waals surface area contributed by atoms with Gasteiger partial charge in [0.05, 0.1) is 0 Å². The summed E-state index contributed by atoms with van der Waals surface area (Å²) in [6.45, 7) is 0. The Morgan fingerprint density at radius 1 is 1.20 bits per heavy atom. The van der Waals surface area contributed by atoms with Crippen LogP contribution in [0, 0.1) is 0 Å². The van der Waals surface area contributed by atoms with Crippen LogP contribution in [0.2, 0.25) is 0 Å². The minimum Gasteiger partial charge on any atom is -0.306 e. The van der Waals surface area contributed by atoms with Gasteiger partial charge in [0.15, 0.2) is 0 Å². The Bertz CT molecular complexity index is 347. The van der Waals surface area contributed by atoms with E-state index in [9.17, 15) is 0 Å².